The molecule has 1 aliphatic heterocycles. The Bertz CT molecular complexity index is 1130. The molecular weight excluding hydrogens is 390 g/mol. The number of H-pyrrole nitrogens is 1. The Morgan fingerprint density at radius 1 is 1.26 bits per heavy atom. The maximum absolute atomic E-state index is 12.6. The molecule has 4 rings (SSSR count). The fraction of sp³-hybridized carbons (Fsp3) is 0.294. The average molecular weight is 410 g/mol. The average Bonchev–Trinajstić information content (AvgIpc) is 3.03. The van der Waals surface area contributed by atoms with Crippen molar-refractivity contribution < 1.29 is 8.42 Å². The molecule has 0 radical (unpaired) electrons. The van der Waals surface area contributed by atoms with Gasteiger partial charge < -0.3 is 10.3 Å². The van der Waals surface area contributed by atoms with Gasteiger partial charge in [-0.25, -0.2) is 13.1 Å². The minimum Gasteiger partial charge on any atom is -0.322 e. The van der Waals surface area contributed by atoms with Crippen LogP contribution < -0.4 is 15.6 Å². The van der Waals surface area contributed by atoms with Gasteiger partial charge in [0.25, 0.3) is 0 Å². The number of benzene rings is 1. The first-order valence-corrected chi connectivity index (χ1v) is 9.80. The van der Waals surface area contributed by atoms with E-state index >= 15 is 0 Å². The number of hydrogen-bond acceptors (Lipinski definition) is 5. The van der Waals surface area contributed by atoms with E-state index in [1.165, 1.54) is 12.1 Å². The number of pyridine rings is 1. The molecule has 3 aromatic rings. The summed E-state index contributed by atoms with van der Waals surface area (Å²) in [5.41, 5.74) is 2.88. The van der Waals surface area contributed by atoms with Gasteiger partial charge in [0.2, 0.25) is 15.6 Å². The van der Waals surface area contributed by atoms with Crippen molar-refractivity contribution in [3.8, 4) is 0 Å². The molecule has 0 unspecified atom stereocenters. The van der Waals surface area contributed by atoms with Crippen molar-refractivity contribution in [2.45, 2.75) is 31.5 Å². The molecule has 0 spiro atoms. The Hall–Kier alpha value is -2.20. The summed E-state index contributed by atoms with van der Waals surface area (Å²) in [6.45, 7) is 4.29. The summed E-state index contributed by atoms with van der Waals surface area (Å²) in [4.78, 5) is 14.4. The molecule has 0 fully saturated rings. The maximum Gasteiger partial charge on any atom is 0.248 e. The molecule has 27 heavy (non-hydrogen) atoms. The molecule has 0 amide bonds. The van der Waals surface area contributed by atoms with Gasteiger partial charge in [-0.2, -0.15) is 5.10 Å². The number of aryl methyl sites for hydroxylation is 1. The normalized spacial score (nSPS) is 14.0. The molecule has 10 heteroatoms. The highest BCUT2D eigenvalue weighted by atomic mass is 35.5. The van der Waals surface area contributed by atoms with Crippen LogP contribution in [0.5, 0.6) is 0 Å². The number of hydrogen-bond donors (Lipinski definition) is 3. The van der Waals surface area contributed by atoms with E-state index < -0.39 is 10.0 Å². The molecule has 1 aromatic carbocycles. The van der Waals surface area contributed by atoms with Gasteiger partial charge in [0.15, 0.2) is 0 Å². The molecule has 0 atom stereocenters. The molecule has 3 N–H and O–H groups in total. The van der Waals surface area contributed by atoms with Gasteiger partial charge in [0, 0.05) is 30.1 Å². The van der Waals surface area contributed by atoms with Crippen molar-refractivity contribution in [2.75, 3.05) is 6.54 Å². The van der Waals surface area contributed by atoms with Gasteiger partial charge in [0.1, 0.15) is 0 Å². The second-order valence-corrected chi connectivity index (χ2v) is 8.14. The minimum atomic E-state index is -3.69. The number of sulfonamides is 1. The van der Waals surface area contributed by atoms with Gasteiger partial charge in [-0.15, -0.1) is 12.4 Å². The zero-order chi connectivity index (χ0) is 18.3. The van der Waals surface area contributed by atoms with Crippen LogP contribution in [-0.4, -0.2) is 29.7 Å². The van der Waals surface area contributed by atoms with E-state index in [0.717, 1.165) is 30.9 Å². The van der Waals surface area contributed by atoms with Gasteiger partial charge in [-0.05, 0) is 36.8 Å². The van der Waals surface area contributed by atoms with E-state index in [0.29, 0.717) is 16.6 Å². The number of halogens is 1. The van der Waals surface area contributed by atoms with E-state index in [1.54, 1.807) is 19.1 Å². The third-order valence-corrected chi connectivity index (χ3v) is 5.89. The van der Waals surface area contributed by atoms with Gasteiger partial charge >= 0.3 is 0 Å². The summed E-state index contributed by atoms with van der Waals surface area (Å²) in [6.07, 6.45) is 0. The van der Waals surface area contributed by atoms with E-state index in [2.05, 4.69) is 20.1 Å². The molecular formula is C17H20ClN5O3S. The molecule has 0 saturated heterocycles. The number of aromatic nitrogens is 3. The summed E-state index contributed by atoms with van der Waals surface area (Å²) in [6, 6.07) is 8.03. The van der Waals surface area contributed by atoms with Crippen molar-refractivity contribution in [1.82, 2.24) is 24.8 Å². The molecule has 8 nitrogen and oxygen atoms in total. The Morgan fingerprint density at radius 3 is 2.85 bits per heavy atom. The number of rotatable bonds is 4. The van der Waals surface area contributed by atoms with Crippen LogP contribution in [-0.2, 0) is 29.7 Å². The SMILES string of the molecule is Cc1cc(=O)[nH]c2ccc(S(=O)(=O)NCc3cc4n(n3)CCNC4)cc12.Cl. The Morgan fingerprint density at radius 2 is 2.07 bits per heavy atom. The first kappa shape index (κ1) is 19.6. The van der Waals surface area contributed by atoms with Crippen LogP contribution in [0.2, 0.25) is 0 Å². The first-order valence-electron chi connectivity index (χ1n) is 8.32. The lowest BCUT2D eigenvalue weighted by Crippen LogP contribution is -2.28. The number of fused-ring (bicyclic) bond motifs is 2. The van der Waals surface area contributed by atoms with Crippen LogP contribution in [0.25, 0.3) is 10.9 Å². The zero-order valence-electron chi connectivity index (χ0n) is 14.7. The lowest BCUT2D eigenvalue weighted by atomic mass is 10.1. The summed E-state index contributed by atoms with van der Waals surface area (Å²) in [5.74, 6) is 0. The summed E-state index contributed by atoms with van der Waals surface area (Å²) in [5, 5.41) is 8.39. The van der Waals surface area contributed by atoms with Crippen LogP contribution in [0.15, 0.2) is 40.0 Å². The van der Waals surface area contributed by atoms with E-state index in [-0.39, 0.29) is 29.4 Å². The highest BCUT2D eigenvalue weighted by Crippen LogP contribution is 2.19. The minimum absolute atomic E-state index is 0. The van der Waals surface area contributed by atoms with E-state index in [9.17, 15) is 13.2 Å². The second-order valence-electron chi connectivity index (χ2n) is 6.38. The molecule has 1 aliphatic rings. The quantitative estimate of drug-likeness (QED) is 0.596. The lowest BCUT2D eigenvalue weighted by Gasteiger charge is -2.13. The van der Waals surface area contributed by atoms with E-state index in [4.69, 9.17) is 0 Å². The zero-order valence-corrected chi connectivity index (χ0v) is 16.3. The monoisotopic (exact) mass is 409 g/mol. The molecule has 0 saturated carbocycles. The molecule has 0 bridgehead atoms. The maximum atomic E-state index is 12.6. The largest absolute Gasteiger partial charge is 0.322 e. The van der Waals surface area contributed by atoms with Crippen LogP contribution in [0.1, 0.15) is 17.0 Å². The first-order chi connectivity index (χ1) is 12.4. The van der Waals surface area contributed by atoms with Gasteiger partial charge in [-0.3, -0.25) is 9.48 Å². The fourth-order valence-electron chi connectivity index (χ4n) is 3.16. The molecule has 144 valence electrons. The Balaban J connectivity index is 0.00000210. The van der Waals surface area contributed by atoms with Crippen molar-refractivity contribution in [1.29, 1.82) is 0 Å². The third kappa shape index (κ3) is 3.91. The van der Waals surface area contributed by atoms with Crippen molar-refractivity contribution in [2.24, 2.45) is 0 Å². The number of nitrogens with zero attached hydrogens (tertiary/aromatic N) is 2. The van der Waals surface area contributed by atoms with Crippen molar-refractivity contribution >= 4 is 33.3 Å². The standard InChI is InChI=1S/C17H19N5O3S.ClH/c1-11-6-17(23)20-16-3-2-14(8-15(11)16)26(24,25)19-9-12-7-13-10-18-4-5-22(13)21-12;/h2-3,6-8,18-19H,4-5,9-10H2,1H3,(H,20,23);1H. The van der Waals surface area contributed by atoms with E-state index in [1.807, 2.05) is 10.7 Å². The topological polar surface area (TPSA) is 109 Å². The number of nitrogens with one attached hydrogen (secondary N) is 3. The Kier molecular flexibility index (Phi) is 5.38. The summed E-state index contributed by atoms with van der Waals surface area (Å²) >= 11 is 0. The van der Waals surface area contributed by atoms with Crippen molar-refractivity contribution in [3.05, 3.63) is 57.6 Å². The number of aromatic amines is 1. The van der Waals surface area contributed by atoms with Gasteiger partial charge in [0.05, 0.1) is 29.4 Å². The second kappa shape index (κ2) is 7.43. The Labute approximate surface area is 162 Å². The predicted octanol–water partition coefficient (Wildman–Crippen LogP) is 1.04. The van der Waals surface area contributed by atoms with Crippen LogP contribution in [0.3, 0.4) is 0 Å². The summed E-state index contributed by atoms with van der Waals surface area (Å²) < 4.78 is 29.8. The smallest absolute Gasteiger partial charge is 0.248 e. The molecule has 2 aromatic heterocycles. The van der Waals surface area contributed by atoms with Gasteiger partial charge in [-0.1, -0.05) is 0 Å². The van der Waals surface area contributed by atoms with Crippen molar-refractivity contribution in [3.63, 3.8) is 0 Å². The highest BCUT2D eigenvalue weighted by molar-refractivity contribution is 7.89. The summed E-state index contributed by atoms with van der Waals surface area (Å²) in [7, 11) is -3.69. The highest BCUT2D eigenvalue weighted by Gasteiger charge is 2.17. The van der Waals surface area contributed by atoms with Crippen LogP contribution in [0.4, 0.5) is 0 Å². The predicted molar refractivity (Wildman–Crippen MR) is 105 cm³/mol. The van der Waals surface area contributed by atoms with Crippen LogP contribution >= 0.6 is 12.4 Å². The fourth-order valence-corrected chi connectivity index (χ4v) is 4.18. The van der Waals surface area contributed by atoms with Crippen LogP contribution in [0, 0.1) is 6.92 Å². The molecule has 0 aliphatic carbocycles. The third-order valence-electron chi connectivity index (χ3n) is 4.50. The molecule has 3 heterocycles. The lowest BCUT2D eigenvalue weighted by molar-refractivity contribution is 0.473.